The molecule has 1 aromatic heterocycles. The standard InChI is InChI=1S/C16H18N2O3/c1-20-11-4-5-12(14(19)8-11)16-17-15(18-21-16)13-7-9-2-3-10(13)6-9/h4-5,8-10,13,19H,2-3,6-7H2,1H3. The molecule has 3 unspecified atom stereocenters. The van der Waals surface area contributed by atoms with E-state index >= 15 is 0 Å². The topological polar surface area (TPSA) is 68.4 Å². The van der Waals surface area contributed by atoms with E-state index in [0.29, 0.717) is 29.0 Å². The Balaban J connectivity index is 1.62. The second kappa shape index (κ2) is 4.76. The molecule has 2 saturated carbocycles. The van der Waals surface area contributed by atoms with Crippen molar-refractivity contribution in [2.75, 3.05) is 7.11 Å². The van der Waals surface area contributed by atoms with Gasteiger partial charge in [0.25, 0.3) is 5.89 Å². The second-order valence-electron chi connectivity index (χ2n) is 6.12. The number of methoxy groups -OCH3 is 1. The van der Waals surface area contributed by atoms with Gasteiger partial charge in [-0.1, -0.05) is 11.6 Å². The molecule has 4 rings (SSSR count). The van der Waals surface area contributed by atoms with Crippen LogP contribution >= 0.6 is 0 Å². The minimum Gasteiger partial charge on any atom is -0.507 e. The van der Waals surface area contributed by atoms with Gasteiger partial charge < -0.3 is 14.4 Å². The van der Waals surface area contributed by atoms with Gasteiger partial charge in [-0.25, -0.2) is 0 Å². The van der Waals surface area contributed by atoms with E-state index in [9.17, 15) is 5.11 Å². The second-order valence-corrected chi connectivity index (χ2v) is 6.12. The molecule has 0 saturated heterocycles. The van der Waals surface area contributed by atoms with Gasteiger partial charge in [-0.15, -0.1) is 0 Å². The molecule has 3 atom stereocenters. The molecule has 0 amide bonds. The summed E-state index contributed by atoms with van der Waals surface area (Å²) in [6.07, 6.45) is 5.12. The first-order chi connectivity index (χ1) is 10.2. The molecule has 2 bridgehead atoms. The molecule has 2 aliphatic rings. The van der Waals surface area contributed by atoms with Gasteiger partial charge in [-0.3, -0.25) is 0 Å². The van der Waals surface area contributed by atoms with E-state index in [0.717, 1.165) is 11.7 Å². The number of aromatic nitrogens is 2. The van der Waals surface area contributed by atoms with Crippen LogP contribution in [0.15, 0.2) is 22.7 Å². The Labute approximate surface area is 122 Å². The fraction of sp³-hybridized carbons (Fsp3) is 0.500. The van der Waals surface area contributed by atoms with Crippen LogP contribution in [-0.4, -0.2) is 22.4 Å². The quantitative estimate of drug-likeness (QED) is 0.937. The lowest BCUT2D eigenvalue weighted by molar-refractivity contribution is 0.371. The van der Waals surface area contributed by atoms with Crippen molar-refractivity contribution in [1.82, 2.24) is 10.1 Å². The highest BCUT2D eigenvalue weighted by atomic mass is 16.5. The van der Waals surface area contributed by atoms with E-state index in [1.54, 1.807) is 25.3 Å². The summed E-state index contributed by atoms with van der Waals surface area (Å²) in [6.45, 7) is 0. The van der Waals surface area contributed by atoms with Crippen LogP contribution in [0.5, 0.6) is 11.5 Å². The third kappa shape index (κ3) is 2.07. The van der Waals surface area contributed by atoms with Crippen LogP contribution in [0.25, 0.3) is 11.5 Å². The molecule has 1 N–H and O–H groups in total. The van der Waals surface area contributed by atoms with Crippen molar-refractivity contribution in [2.45, 2.75) is 31.6 Å². The number of hydrogen-bond donors (Lipinski definition) is 1. The molecule has 1 aromatic carbocycles. The minimum absolute atomic E-state index is 0.0949. The maximum absolute atomic E-state index is 10.0. The predicted octanol–water partition coefficient (Wildman–Crippen LogP) is 3.35. The van der Waals surface area contributed by atoms with Gasteiger partial charge in [0.1, 0.15) is 11.5 Å². The van der Waals surface area contributed by atoms with Gasteiger partial charge in [0.2, 0.25) is 0 Å². The number of nitrogens with zero attached hydrogens (tertiary/aromatic N) is 2. The number of ether oxygens (including phenoxy) is 1. The number of phenols is 1. The largest absolute Gasteiger partial charge is 0.507 e. The Morgan fingerprint density at radius 1 is 1.29 bits per heavy atom. The molecule has 110 valence electrons. The Hall–Kier alpha value is -2.04. The first-order valence-electron chi connectivity index (χ1n) is 7.45. The van der Waals surface area contributed by atoms with Crippen molar-refractivity contribution in [3.8, 4) is 23.0 Å². The van der Waals surface area contributed by atoms with Crippen molar-refractivity contribution < 1.29 is 14.4 Å². The van der Waals surface area contributed by atoms with E-state index in [1.165, 1.54) is 25.7 Å². The number of aromatic hydroxyl groups is 1. The number of phenolic OH excluding ortho intramolecular Hbond substituents is 1. The molecule has 2 aliphatic carbocycles. The van der Waals surface area contributed by atoms with Crippen LogP contribution in [-0.2, 0) is 0 Å². The average Bonchev–Trinajstić information content (AvgIpc) is 3.22. The summed E-state index contributed by atoms with van der Waals surface area (Å²) in [4.78, 5) is 4.52. The summed E-state index contributed by atoms with van der Waals surface area (Å²) in [7, 11) is 1.56. The van der Waals surface area contributed by atoms with Crippen molar-refractivity contribution >= 4 is 0 Å². The molecule has 0 spiro atoms. The highest BCUT2D eigenvalue weighted by molar-refractivity contribution is 5.63. The normalized spacial score (nSPS) is 27.2. The highest BCUT2D eigenvalue weighted by Gasteiger charge is 2.42. The number of fused-ring (bicyclic) bond motifs is 2. The van der Waals surface area contributed by atoms with E-state index in [1.807, 2.05) is 0 Å². The lowest BCUT2D eigenvalue weighted by Crippen LogP contribution is -2.09. The lowest BCUT2D eigenvalue weighted by atomic mass is 9.88. The van der Waals surface area contributed by atoms with Gasteiger partial charge in [0.15, 0.2) is 5.82 Å². The fourth-order valence-electron chi connectivity index (χ4n) is 3.88. The smallest absolute Gasteiger partial charge is 0.261 e. The molecule has 1 heterocycles. The van der Waals surface area contributed by atoms with Gasteiger partial charge >= 0.3 is 0 Å². The van der Waals surface area contributed by atoms with Crippen LogP contribution in [0.1, 0.15) is 37.4 Å². The maximum atomic E-state index is 10.0. The Kier molecular flexibility index (Phi) is 2.87. The SMILES string of the molecule is COc1ccc(-c2nc(C3CC4CCC3C4)no2)c(O)c1. The molecular weight excluding hydrogens is 268 g/mol. The van der Waals surface area contributed by atoms with Gasteiger partial charge in [0.05, 0.1) is 12.7 Å². The molecule has 5 heteroatoms. The zero-order valence-electron chi connectivity index (χ0n) is 12.0. The van der Waals surface area contributed by atoms with Gasteiger partial charge in [-0.2, -0.15) is 4.98 Å². The van der Waals surface area contributed by atoms with Crippen molar-refractivity contribution in [2.24, 2.45) is 11.8 Å². The lowest BCUT2D eigenvalue weighted by Gasteiger charge is -2.17. The van der Waals surface area contributed by atoms with E-state index < -0.39 is 0 Å². The van der Waals surface area contributed by atoms with Gasteiger partial charge in [0, 0.05) is 12.0 Å². The summed E-state index contributed by atoms with van der Waals surface area (Å²) in [5.74, 6) is 3.87. The zero-order chi connectivity index (χ0) is 14.4. The number of rotatable bonds is 3. The molecule has 0 aliphatic heterocycles. The average molecular weight is 286 g/mol. The highest BCUT2D eigenvalue weighted by Crippen LogP contribution is 2.52. The number of benzene rings is 1. The molecule has 2 fully saturated rings. The third-order valence-electron chi connectivity index (χ3n) is 4.95. The summed E-state index contributed by atoms with van der Waals surface area (Å²) in [5.41, 5.74) is 0.553. The van der Waals surface area contributed by atoms with E-state index in [-0.39, 0.29) is 5.75 Å². The Bertz CT molecular complexity index is 667. The van der Waals surface area contributed by atoms with Crippen LogP contribution in [0.2, 0.25) is 0 Å². The molecule has 0 radical (unpaired) electrons. The Morgan fingerprint density at radius 3 is 2.86 bits per heavy atom. The Morgan fingerprint density at radius 2 is 2.19 bits per heavy atom. The summed E-state index contributed by atoms with van der Waals surface area (Å²) < 4.78 is 10.4. The van der Waals surface area contributed by atoms with Crippen LogP contribution in [0.3, 0.4) is 0 Å². The first kappa shape index (κ1) is 12.7. The zero-order valence-corrected chi connectivity index (χ0v) is 12.0. The number of hydrogen-bond acceptors (Lipinski definition) is 5. The van der Waals surface area contributed by atoms with E-state index in [2.05, 4.69) is 10.1 Å². The van der Waals surface area contributed by atoms with Crippen LogP contribution in [0, 0.1) is 11.8 Å². The summed E-state index contributed by atoms with van der Waals surface area (Å²) in [6, 6.07) is 5.07. The fourth-order valence-corrected chi connectivity index (χ4v) is 3.88. The van der Waals surface area contributed by atoms with E-state index in [4.69, 9.17) is 9.26 Å². The summed E-state index contributed by atoms with van der Waals surface area (Å²) >= 11 is 0. The molecule has 21 heavy (non-hydrogen) atoms. The van der Waals surface area contributed by atoms with Crippen molar-refractivity contribution in [3.05, 3.63) is 24.0 Å². The third-order valence-corrected chi connectivity index (χ3v) is 4.95. The maximum Gasteiger partial charge on any atom is 0.261 e. The molecule has 5 nitrogen and oxygen atoms in total. The molecule has 2 aromatic rings. The summed E-state index contributed by atoms with van der Waals surface area (Å²) in [5, 5.41) is 14.2. The van der Waals surface area contributed by atoms with Crippen LogP contribution in [0.4, 0.5) is 0 Å². The van der Waals surface area contributed by atoms with Crippen LogP contribution < -0.4 is 4.74 Å². The van der Waals surface area contributed by atoms with Gasteiger partial charge in [-0.05, 0) is 43.2 Å². The first-order valence-corrected chi connectivity index (χ1v) is 7.45. The molecular formula is C16H18N2O3. The predicted molar refractivity (Wildman–Crippen MR) is 76.1 cm³/mol. The minimum atomic E-state index is 0.0949. The van der Waals surface area contributed by atoms with Crippen molar-refractivity contribution in [1.29, 1.82) is 0 Å². The monoisotopic (exact) mass is 286 g/mol. The van der Waals surface area contributed by atoms with Crippen molar-refractivity contribution in [3.63, 3.8) is 0 Å².